The lowest BCUT2D eigenvalue weighted by atomic mass is 9.86. The molecule has 0 saturated carbocycles. The van der Waals surface area contributed by atoms with Gasteiger partial charge in [0.15, 0.2) is 0 Å². The summed E-state index contributed by atoms with van der Waals surface area (Å²) in [5, 5.41) is 3.62. The Balaban J connectivity index is 1.44. The lowest BCUT2D eigenvalue weighted by molar-refractivity contribution is 0.712. The molecule has 1 aliphatic rings. The van der Waals surface area contributed by atoms with Crippen molar-refractivity contribution in [2.75, 3.05) is 11.9 Å². The van der Waals surface area contributed by atoms with E-state index in [0.717, 1.165) is 13.0 Å². The molecule has 3 aromatic carbocycles. The molecule has 1 nitrogen and oxygen atoms in total. The fourth-order valence-corrected chi connectivity index (χ4v) is 3.49. The summed E-state index contributed by atoms with van der Waals surface area (Å²) in [5.41, 5.74) is 6.42. The highest BCUT2D eigenvalue weighted by atomic mass is 14.9. The topological polar surface area (TPSA) is 12.0 Å². The quantitative estimate of drug-likeness (QED) is 0.566. The minimum atomic E-state index is 0.496. The zero-order valence-corrected chi connectivity index (χ0v) is 14.8. The van der Waals surface area contributed by atoms with E-state index in [9.17, 15) is 0 Å². The van der Waals surface area contributed by atoms with E-state index in [-0.39, 0.29) is 0 Å². The zero-order valence-electron chi connectivity index (χ0n) is 14.8. The van der Waals surface area contributed by atoms with Crippen LogP contribution in [0.2, 0.25) is 0 Å². The normalized spacial score (nSPS) is 16.2. The summed E-state index contributed by atoms with van der Waals surface area (Å²) in [7, 11) is 0. The molecule has 4 rings (SSSR count). The highest BCUT2D eigenvalue weighted by Crippen LogP contribution is 2.30. The average Bonchev–Trinajstić information content (AvgIpc) is 2.74. The molecule has 1 heteroatoms. The van der Waals surface area contributed by atoms with E-state index in [1.165, 1.54) is 28.0 Å². The standard InChI is InChI=1S/C25H23N/c1-3-9-20(10-4-1)21-15-17-24(18-16-21)26-19-23-13-7-8-14-25(23)22-11-5-2-6-12-22/h1-12,14-18,23,26H,13,19H2. The lowest BCUT2D eigenvalue weighted by Crippen LogP contribution is -2.17. The Labute approximate surface area is 155 Å². The minimum Gasteiger partial charge on any atom is -0.384 e. The highest BCUT2D eigenvalue weighted by molar-refractivity contribution is 5.71. The smallest absolute Gasteiger partial charge is 0.0340 e. The van der Waals surface area contributed by atoms with Crippen LogP contribution in [0.5, 0.6) is 0 Å². The third-order valence-electron chi connectivity index (χ3n) is 4.92. The van der Waals surface area contributed by atoms with Gasteiger partial charge >= 0.3 is 0 Å². The van der Waals surface area contributed by atoms with Gasteiger partial charge in [-0.1, -0.05) is 91.0 Å². The molecule has 26 heavy (non-hydrogen) atoms. The first kappa shape index (κ1) is 16.4. The SMILES string of the molecule is C1=CCC(CNc2ccc(-c3ccccc3)cc2)C(c2ccccc2)=C1. The molecule has 0 radical (unpaired) electrons. The van der Waals surface area contributed by atoms with Crippen LogP contribution in [0.4, 0.5) is 5.69 Å². The molecule has 0 aromatic heterocycles. The number of rotatable bonds is 5. The Morgan fingerprint density at radius 2 is 1.31 bits per heavy atom. The molecule has 0 bridgehead atoms. The predicted octanol–water partition coefficient (Wildman–Crippen LogP) is 6.43. The summed E-state index contributed by atoms with van der Waals surface area (Å²) in [6, 6.07) is 29.9. The van der Waals surface area contributed by atoms with Gasteiger partial charge in [-0.25, -0.2) is 0 Å². The first-order valence-corrected chi connectivity index (χ1v) is 9.22. The van der Waals surface area contributed by atoms with E-state index in [0.29, 0.717) is 5.92 Å². The zero-order chi connectivity index (χ0) is 17.6. The maximum absolute atomic E-state index is 3.62. The Bertz CT molecular complexity index is 890. The van der Waals surface area contributed by atoms with Gasteiger partial charge < -0.3 is 5.32 Å². The fraction of sp³-hybridized carbons (Fsp3) is 0.120. The highest BCUT2D eigenvalue weighted by Gasteiger charge is 2.16. The van der Waals surface area contributed by atoms with Gasteiger partial charge in [-0.3, -0.25) is 0 Å². The molecule has 1 unspecified atom stereocenters. The van der Waals surface area contributed by atoms with Crippen LogP contribution in [-0.2, 0) is 0 Å². The van der Waals surface area contributed by atoms with E-state index >= 15 is 0 Å². The number of anilines is 1. The maximum atomic E-state index is 3.62. The molecular weight excluding hydrogens is 314 g/mol. The van der Waals surface area contributed by atoms with Crippen molar-refractivity contribution in [3.05, 3.63) is 109 Å². The number of nitrogens with one attached hydrogen (secondary N) is 1. The molecule has 1 aliphatic carbocycles. The van der Waals surface area contributed by atoms with Crippen molar-refractivity contribution in [2.45, 2.75) is 6.42 Å². The van der Waals surface area contributed by atoms with Gasteiger partial charge in [-0.05, 0) is 40.8 Å². The monoisotopic (exact) mass is 337 g/mol. The van der Waals surface area contributed by atoms with Gasteiger partial charge in [0.25, 0.3) is 0 Å². The molecule has 0 saturated heterocycles. The third-order valence-corrected chi connectivity index (χ3v) is 4.92. The van der Waals surface area contributed by atoms with Crippen LogP contribution in [0.3, 0.4) is 0 Å². The molecule has 0 amide bonds. The average molecular weight is 337 g/mol. The second kappa shape index (κ2) is 7.88. The van der Waals surface area contributed by atoms with Gasteiger partial charge in [-0.15, -0.1) is 0 Å². The van der Waals surface area contributed by atoms with E-state index in [1.54, 1.807) is 0 Å². The Kier molecular flexibility index (Phi) is 4.97. The van der Waals surface area contributed by atoms with Gasteiger partial charge in [0.2, 0.25) is 0 Å². The number of hydrogen-bond donors (Lipinski definition) is 1. The predicted molar refractivity (Wildman–Crippen MR) is 112 cm³/mol. The Morgan fingerprint density at radius 1 is 0.692 bits per heavy atom. The van der Waals surface area contributed by atoms with Crippen LogP contribution in [-0.4, -0.2) is 6.54 Å². The molecule has 0 aliphatic heterocycles. The molecule has 0 heterocycles. The molecule has 1 N–H and O–H groups in total. The molecule has 3 aromatic rings. The van der Waals surface area contributed by atoms with Crippen LogP contribution in [0.15, 0.2) is 103 Å². The summed E-state index contributed by atoms with van der Waals surface area (Å²) < 4.78 is 0. The van der Waals surface area contributed by atoms with Crippen LogP contribution in [0, 0.1) is 5.92 Å². The van der Waals surface area contributed by atoms with Crippen LogP contribution < -0.4 is 5.32 Å². The minimum absolute atomic E-state index is 0.496. The summed E-state index contributed by atoms with van der Waals surface area (Å²) in [5.74, 6) is 0.496. The van der Waals surface area contributed by atoms with Gasteiger partial charge in [0.1, 0.15) is 0 Å². The fourth-order valence-electron chi connectivity index (χ4n) is 3.49. The third kappa shape index (κ3) is 3.78. The number of benzene rings is 3. The molecule has 0 spiro atoms. The van der Waals surface area contributed by atoms with E-state index in [1.807, 2.05) is 0 Å². The lowest BCUT2D eigenvalue weighted by Gasteiger charge is -2.23. The van der Waals surface area contributed by atoms with E-state index < -0.39 is 0 Å². The second-order valence-corrected chi connectivity index (χ2v) is 6.67. The molecule has 128 valence electrons. The largest absolute Gasteiger partial charge is 0.384 e. The summed E-state index contributed by atoms with van der Waals surface area (Å²) in [6.07, 6.45) is 7.77. The van der Waals surface area contributed by atoms with Crippen molar-refractivity contribution >= 4 is 11.3 Å². The van der Waals surface area contributed by atoms with Gasteiger partial charge in [0, 0.05) is 18.2 Å². The van der Waals surface area contributed by atoms with E-state index in [4.69, 9.17) is 0 Å². The maximum Gasteiger partial charge on any atom is 0.0340 e. The summed E-state index contributed by atoms with van der Waals surface area (Å²) >= 11 is 0. The van der Waals surface area contributed by atoms with Gasteiger partial charge in [-0.2, -0.15) is 0 Å². The van der Waals surface area contributed by atoms with Gasteiger partial charge in [0.05, 0.1) is 0 Å². The Morgan fingerprint density at radius 3 is 2.00 bits per heavy atom. The van der Waals surface area contributed by atoms with Crippen LogP contribution in [0.1, 0.15) is 12.0 Å². The van der Waals surface area contributed by atoms with Crippen LogP contribution >= 0.6 is 0 Å². The Hall–Kier alpha value is -3.06. The molecule has 0 fully saturated rings. The first-order chi connectivity index (χ1) is 12.9. The molecular formula is C25H23N. The van der Waals surface area contributed by atoms with E-state index in [2.05, 4.69) is 108 Å². The van der Waals surface area contributed by atoms with Crippen molar-refractivity contribution in [3.63, 3.8) is 0 Å². The van der Waals surface area contributed by atoms with Crippen LogP contribution in [0.25, 0.3) is 16.7 Å². The van der Waals surface area contributed by atoms with Crippen molar-refractivity contribution in [2.24, 2.45) is 5.92 Å². The van der Waals surface area contributed by atoms with Crippen molar-refractivity contribution in [1.82, 2.24) is 0 Å². The summed E-state index contributed by atoms with van der Waals surface area (Å²) in [6.45, 7) is 0.940. The number of hydrogen-bond acceptors (Lipinski definition) is 1. The summed E-state index contributed by atoms with van der Waals surface area (Å²) in [4.78, 5) is 0. The second-order valence-electron chi connectivity index (χ2n) is 6.67. The first-order valence-electron chi connectivity index (χ1n) is 9.22. The van der Waals surface area contributed by atoms with Crippen molar-refractivity contribution in [3.8, 4) is 11.1 Å². The molecule has 1 atom stereocenters. The van der Waals surface area contributed by atoms with Crippen molar-refractivity contribution < 1.29 is 0 Å². The van der Waals surface area contributed by atoms with Crippen molar-refractivity contribution in [1.29, 1.82) is 0 Å². The number of allylic oxidation sites excluding steroid dienone is 3.